The van der Waals surface area contributed by atoms with E-state index in [0.29, 0.717) is 17.5 Å². The van der Waals surface area contributed by atoms with Crippen molar-refractivity contribution in [2.24, 2.45) is 0 Å². The highest BCUT2D eigenvalue weighted by Gasteiger charge is 2.28. The minimum Gasteiger partial charge on any atom is -0.384 e. The van der Waals surface area contributed by atoms with E-state index in [9.17, 15) is 4.79 Å². The predicted octanol–water partition coefficient (Wildman–Crippen LogP) is 2.85. The van der Waals surface area contributed by atoms with Crippen molar-refractivity contribution in [1.29, 1.82) is 0 Å². The van der Waals surface area contributed by atoms with Crippen LogP contribution in [-0.2, 0) is 6.42 Å². The Morgan fingerprint density at radius 1 is 1.32 bits per heavy atom. The second-order valence-corrected chi connectivity index (χ2v) is 6.59. The lowest BCUT2D eigenvalue weighted by Crippen LogP contribution is -2.31. The highest BCUT2D eigenvalue weighted by molar-refractivity contribution is 6.30. The molecular weight excluding hydrogens is 361 g/mol. The van der Waals surface area contributed by atoms with E-state index in [1.807, 2.05) is 17.0 Å². The number of benzene rings is 1. The number of nitrogens with zero attached hydrogens (tertiary/aromatic N) is 3. The summed E-state index contributed by atoms with van der Waals surface area (Å²) < 4.78 is 0. The molecule has 0 radical (unpaired) electrons. The third kappa shape index (κ3) is 3.80. The molecule has 4 rings (SSSR count). The zero-order chi connectivity index (χ0) is 16.5. The molecule has 6 nitrogen and oxygen atoms in total. The number of nitrogens with one attached hydrogen (secondary N) is 2. The Morgan fingerprint density at radius 2 is 2.12 bits per heavy atom. The van der Waals surface area contributed by atoms with Gasteiger partial charge in [0.25, 0.3) is 5.91 Å². The van der Waals surface area contributed by atoms with Crippen LogP contribution in [0.2, 0.25) is 5.02 Å². The van der Waals surface area contributed by atoms with Crippen LogP contribution in [0.15, 0.2) is 30.6 Å². The lowest BCUT2D eigenvalue weighted by Gasteiger charge is -2.17. The van der Waals surface area contributed by atoms with Crippen molar-refractivity contribution >= 4 is 41.6 Å². The van der Waals surface area contributed by atoms with Crippen molar-refractivity contribution in [3.63, 3.8) is 0 Å². The summed E-state index contributed by atoms with van der Waals surface area (Å²) in [6.45, 7) is 2.33. The third-order valence-electron chi connectivity index (χ3n) is 4.50. The van der Waals surface area contributed by atoms with Crippen LogP contribution >= 0.6 is 24.0 Å². The molecule has 1 aromatic carbocycles. The number of carbonyl (C=O) groups is 1. The van der Waals surface area contributed by atoms with Crippen LogP contribution < -0.4 is 10.6 Å². The lowest BCUT2D eigenvalue weighted by molar-refractivity contribution is 0.0791. The first-order valence-corrected chi connectivity index (χ1v) is 8.47. The topological polar surface area (TPSA) is 70.2 Å². The largest absolute Gasteiger partial charge is 0.384 e. The number of halogens is 2. The summed E-state index contributed by atoms with van der Waals surface area (Å²) in [5.41, 5.74) is 3.11. The molecule has 3 heterocycles. The van der Waals surface area contributed by atoms with Gasteiger partial charge in [0.05, 0.1) is 17.4 Å². The molecule has 8 heteroatoms. The first-order valence-electron chi connectivity index (χ1n) is 8.09. The van der Waals surface area contributed by atoms with Gasteiger partial charge in [0.15, 0.2) is 0 Å². The Kier molecular flexibility index (Phi) is 5.30. The molecule has 0 spiro atoms. The van der Waals surface area contributed by atoms with Gasteiger partial charge in [0, 0.05) is 36.9 Å². The number of carbonyl (C=O) groups excluding carboxylic acids is 1. The summed E-state index contributed by atoms with van der Waals surface area (Å²) in [5.74, 6) is 0.619. The Morgan fingerprint density at radius 3 is 2.92 bits per heavy atom. The fourth-order valence-corrected chi connectivity index (χ4v) is 3.34. The summed E-state index contributed by atoms with van der Waals surface area (Å²) in [7, 11) is 0. The molecule has 25 heavy (non-hydrogen) atoms. The summed E-state index contributed by atoms with van der Waals surface area (Å²) >= 11 is 5.79. The summed E-state index contributed by atoms with van der Waals surface area (Å²) in [6.07, 6.45) is 5.03. The van der Waals surface area contributed by atoms with Crippen molar-refractivity contribution in [2.75, 3.05) is 30.3 Å². The van der Waals surface area contributed by atoms with Crippen LogP contribution in [0.1, 0.15) is 22.3 Å². The maximum atomic E-state index is 12.7. The van der Waals surface area contributed by atoms with E-state index < -0.39 is 0 Å². The van der Waals surface area contributed by atoms with Crippen molar-refractivity contribution < 1.29 is 4.79 Å². The first-order chi connectivity index (χ1) is 11.7. The van der Waals surface area contributed by atoms with Gasteiger partial charge in [-0.1, -0.05) is 17.7 Å². The predicted molar refractivity (Wildman–Crippen MR) is 101 cm³/mol. The van der Waals surface area contributed by atoms with E-state index in [4.69, 9.17) is 11.6 Å². The number of hydrogen-bond donors (Lipinski definition) is 2. The molecule has 1 fully saturated rings. The second-order valence-electron chi connectivity index (χ2n) is 6.15. The molecular formula is C17H19Cl2N5O. The average Bonchev–Trinajstić information content (AvgIpc) is 3.24. The molecule has 0 bridgehead atoms. The van der Waals surface area contributed by atoms with Gasteiger partial charge in [0.1, 0.15) is 0 Å². The molecule has 0 saturated carbocycles. The Hall–Kier alpha value is -2.05. The number of fused-ring (bicyclic) bond motifs is 1. The maximum Gasteiger partial charge on any atom is 0.254 e. The lowest BCUT2D eigenvalue weighted by atomic mass is 10.1. The molecule has 1 saturated heterocycles. The van der Waals surface area contributed by atoms with Gasteiger partial charge in [-0.05, 0) is 30.5 Å². The molecule has 2 aliphatic heterocycles. The summed E-state index contributed by atoms with van der Waals surface area (Å²) in [5, 5.41) is 7.09. The number of amides is 1. The van der Waals surface area contributed by atoms with E-state index in [2.05, 4.69) is 26.7 Å². The van der Waals surface area contributed by atoms with Gasteiger partial charge >= 0.3 is 0 Å². The monoisotopic (exact) mass is 379 g/mol. The van der Waals surface area contributed by atoms with E-state index in [-0.39, 0.29) is 24.4 Å². The van der Waals surface area contributed by atoms with Gasteiger partial charge in [-0.2, -0.15) is 0 Å². The van der Waals surface area contributed by atoms with Crippen LogP contribution in [0.3, 0.4) is 0 Å². The van der Waals surface area contributed by atoms with Crippen molar-refractivity contribution in [2.45, 2.75) is 18.9 Å². The number of rotatable bonds is 3. The molecule has 132 valence electrons. The van der Waals surface area contributed by atoms with E-state index in [1.54, 1.807) is 12.4 Å². The van der Waals surface area contributed by atoms with Gasteiger partial charge in [-0.25, -0.2) is 9.97 Å². The molecule has 1 atom stereocenters. The second kappa shape index (κ2) is 7.45. The SMILES string of the molecule is Cl.O=C(c1ccc2c(c1)NCC2)N1CC[C@H](Nc2ncc(Cl)cn2)C1. The minimum atomic E-state index is 0. The normalized spacial score (nSPS) is 18.3. The Labute approximate surface area is 157 Å². The highest BCUT2D eigenvalue weighted by Crippen LogP contribution is 2.25. The quantitative estimate of drug-likeness (QED) is 0.857. The maximum absolute atomic E-state index is 12.7. The number of aromatic nitrogens is 2. The highest BCUT2D eigenvalue weighted by atomic mass is 35.5. The van der Waals surface area contributed by atoms with Crippen molar-refractivity contribution in [1.82, 2.24) is 14.9 Å². The molecule has 1 aromatic heterocycles. The molecule has 2 aliphatic rings. The smallest absolute Gasteiger partial charge is 0.254 e. The van der Waals surface area contributed by atoms with Crippen LogP contribution in [0.4, 0.5) is 11.6 Å². The zero-order valence-electron chi connectivity index (χ0n) is 13.5. The number of anilines is 2. The average molecular weight is 380 g/mol. The molecule has 1 amide bonds. The van der Waals surface area contributed by atoms with Crippen LogP contribution in [0, 0.1) is 0 Å². The van der Waals surface area contributed by atoms with Crippen molar-refractivity contribution in [3.8, 4) is 0 Å². The molecule has 0 aliphatic carbocycles. The van der Waals surface area contributed by atoms with Gasteiger partial charge in [0.2, 0.25) is 5.95 Å². The van der Waals surface area contributed by atoms with Crippen LogP contribution in [-0.4, -0.2) is 46.5 Å². The fraction of sp³-hybridized carbons (Fsp3) is 0.353. The zero-order valence-corrected chi connectivity index (χ0v) is 15.1. The first kappa shape index (κ1) is 17.8. The molecule has 2 N–H and O–H groups in total. The summed E-state index contributed by atoms with van der Waals surface area (Å²) in [4.78, 5) is 22.9. The number of hydrogen-bond acceptors (Lipinski definition) is 5. The van der Waals surface area contributed by atoms with Crippen LogP contribution in [0.25, 0.3) is 0 Å². The van der Waals surface area contributed by atoms with Gasteiger partial charge < -0.3 is 15.5 Å². The van der Waals surface area contributed by atoms with Crippen LogP contribution in [0.5, 0.6) is 0 Å². The van der Waals surface area contributed by atoms with E-state index in [1.165, 1.54) is 5.56 Å². The summed E-state index contributed by atoms with van der Waals surface area (Å²) in [6, 6.07) is 6.10. The molecule has 0 unspecified atom stereocenters. The minimum absolute atomic E-state index is 0. The van der Waals surface area contributed by atoms with Gasteiger partial charge in [-0.3, -0.25) is 4.79 Å². The fourth-order valence-electron chi connectivity index (χ4n) is 3.24. The third-order valence-corrected chi connectivity index (χ3v) is 4.69. The Balaban J connectivity index is 0.00000182. The van der Waals surface area contributed by atoms with E-state index in [0.717, 1.165) is 37.2 Å². The Bertz CT molecular complexity index is 768. The number of likely N-dealkylation sites (tertiary alicyclic amines) is 1. The van der Waals surface area contributed by atoms with E-state index >= 15 is 0 Å². The van der Waals surface area contributed by atoms with Crippen molar-refractivity contribution in [3.05, 3.63) is 46.7 Å². The molecule has 2 aromatic rings. The standard InChI is InChI=1S/C17H18ClN5O.ClH/c18-13-8-20-17(21-9-13)22-14-4-6-23(10-14)16(24)12-2-1-11-3-5-19-15(11)7-12;/h1-2,7-9,14,19H,3-6,10H2,(H,20,21,22);1H/t14-;/m0./s1. The van der Waals surface area contributed by atoms with Gasteiger partial charge in [-0.15, -0.1) is 12.4 Å².